The van der Waals surface area contributed by atoms with Gasteiger partial charge in [-0.25, -0.2) is 4.39 Å². The minimum atomic E-state index is -0.416. The van der Waals surface area contributed by atoms with E-state index in [1.807, 2.05) is 20.8 Å². The van der Waals surface area contributed by atoms with E-state index < -0.39 is 5.82 Å². The molecular weight excluding hydrogens is 299 g/mol. The van der Waals surface area contributed by atoms with E-state index in [9.17, 15) is 9.18 Å². The number of hydrogen-bond donors (Lipinski definition) is 0. The summed E-state index contributed by atoms with van der Waals surface area (Å²) in [6, 6.07) is 4.03. The summed E-state index contributed by atoms with van der Waals surface area (Å²) >= 11 is 7.03. The second kappa shape index (κ2) is 5.58. The molecule has 1 heterocycles. The van der Waals surface area contributed by atoms with Gasteiger partial charge in [0.2, 0.25) is 0 Å². The van der Waals surface area contributed by atoms with Gasteiger partial charge < -0.3 is 0 Å². The van der Waals surface area contributed by atoms with Crippen molar-refractivity contribution in [1.82, 2.24) is 9.59 Å². The molecule has 0 aliphatic heterocycles. The quantitative estimate of drug-likeness (QED) is 0.803. The molecule has 6 heteroatoms. The van der Waals surface area contributed by atoms with Crippen LogP contribution in [0.25, 0.3) is 0 Å². The molecule has 0 unspecified atom stereocenters. The third-order valence-corrected chi connectivity index (χ3v) is 3.94. The lowest BCUT2D eigenvalue weighted by atomic mass is 9.90. The van der Waals surface area contributed by atoms with Crippen LogP contribution in [0.4, 0.5) is 4.39 Å². The molecule has 106 valence electrons. The highest BCUT2D eigenvalue weighted by Gasteiger charge is 2.26. The molecule has 0 saturated heterocycles. The van der Waals surface area contributed by atoms with Crippen molar-refractivity contribution in [2.24, 2.45) is 0 Å². The fourth-order valence-corrected chi connectivity index (χ4v) is 2.83. The molecule has 0 spiro atoms. The maximum Gasteiger partial charge on any atom is 0.180 e. The van der Waals surface area contributed by atoms with Crippen LogP contribution >= 0.6 is 23.1 Å². The normalized spacial score (nSPS) is 11.7. The van der Waals surface area contributed by atoms with Crippen LogP contribution in [-0.4, -0.2) is 15.4 Å². The Morgan fingerprint density at radius 2 is 2.10 bits per heavy atom. The molecule has 0 radical (unpaired) electrons. The molecule has 0 aliphatic carbocycles. The number of halogens is 2. The molecule has 1 aromatic carbocycles. The van der Waals surface area contributed by atoms with Crippen molar-refractivity contribution in [3.8, 4) is 0 Å². The number of nitrogens with zero attached hydrogens (tertiary/aromatic N) is 2. The Morgan fingerprint density at radius 1 is 1.40 bits per heavy atom. The van der Waals surface area contributed by atoms with Gasteiger partial charge in [0, 0.05) is 16.9 Å². The first-order chi connectivity index (χ1) is 9.29. The highest BCUT2D eigenvalue weighted by Crippen LogP contribution is 2.27. The average Bonchev–Trinajstić information content (AvgIpc) is 2.81. The number of aromatic nitrogens is 2. The lowest BCUT2D eigenvalue weighted by Crippen LogP contribution is -2.17. The van der Waals surface area contributed by atoms with Gasteiger partial charge in [0.05, 0.1) is 5.69 Å². The second-order valence-electron chi connectivity index (χ2n) is 5.54. The number of Topliss-reactive ketones (excluding diaryl/α,β-unsaturated/α-hetero) is 1. The van der Waals surface area contributed by atoms with Crippen LogP contribution < -0.4 is 0 Å². The summed E-state index contributed by atoms with van der Waals surface area (Å²) in [5.41, 5.74) is 1.04. The van der Waals surface area contributed by atoms with Crippen molar-refractivity contribution in [3.05, 3.63) is 45.2 Å². The molecule has 2 aromatic rings. The van der Waals surface area contributed by atoms with Gasteiger partial charge in [-0.2, -0.15) is 0 Å². The second-order valence-corrected chi connectivity index (χ2v) is 6.70. The number of benzene rings is 1. The zero-order valence-electron chi connectivity index (χ0n) is 11.4. The average molecular weight is 313 g/mol. The van der Waals surface area contributed by atoms with E-state index in [2.05, 4.69) is 9.59 Å². The molecular formula is C14H14ClFN2OS. The van der Waals surface area contributed by atoms with E-state index in [1.165, 1.54) is 18.2 Å². The molecule has 0 aliphatic rings. The van der Waals surface area contributed by atoms with Gasteiger partial charge >= 0.3 is 0 Å². The highest BCUT2D eigenvalue weighted by atomic mass is 35.5. The Hall–Kier alpha value is -1.33. The summed E-state index contributed by atoms with van der Waals surface area (Å²) in [6.07, 6.45) is 0.117. The summed E-state index contributed by atoms with van der Waals surface area (Å²) in [4.78, 5) is 12.9. The SMILES string of the molecule is CC(C)(C)c1nnsc1C(=O)Cc1ccc(F)cc1Cl. The summed E-state index contributed by atoms with van der Waals surface area (Å²) in [5.74, 6) is -0.514. The fourth-order valence-electron chi connectivity index (χ4n) is 1.78. The Labute approximate surface area is 125 Å². The number of ketones is 1. The minimum Gasteiger partial charge on any atom is -0.293 e. The number of rotatable bonds is 3. The van der Waals surface area contributed by atoms with Crippen LogP contribution in [0.2, 0.25) is 5.02 Å². The van der Waals surface area contributed by atoms with Crippen molar-refractivity contribution >= 4 is 28.9 Å². The van der Waals surface area contributed by atoms with Crippen molar-refractivity contribution in [1.29, 1.82) is 0 Å². The van der Waals surface area contributed by atoms with Crippen LogP contribution in [0.3, 0.4) is 0 Å². The Bertz CT molecular complexity index is 649. The maximum atomic E-state index is 13.0. The molecule has 0 N–H and O–H groups in total. The molecule has 1 aromatic heterocycles. The lowest BCUT2D eigenvalue weighted by Gasteiger charge is -2.16. The van der Waals surface area contributed by atoms with Crippen molar-refractivity contribution in [3.63, 3.8) is 0 Å². The lowest BCUT2D eigenvalue weighted by molar-refractivity contribution is 0.0994. The van der Waals surface area contributed by atoms with Gasteiger partial charge in [-0.05, 0) is 29.2 Å². The monoisotopic (exact) mass is 312 g/mol. The van der Waals surface area contributed by atoms with Crippen molar-refractivity contribution < 1.29 is 9.18 Å². The van der Waals surface area contributed by atoms with E-state index in [4.69, 9.17) is 11.6 Å². The first kappa shape index (κ1) is 15.1. The molecule has 0 atom stereocenters. The molecule has 0 fully saturated rings. The van der Waals surface area contributed by atoms with E-state index in [0.29, 0.717) is 16.1 Å². The van der Waals surface area contributed by atoms with Crippen LogP contribution in [-0.2, 0) is 11.8 Å². The Kier molecular flexibility index (Phi) is 4.20. The number of carbonyl (C=O) groups excluding carboxylic acids is 1. The first-order valence-corrected chi connectivity index (χ1v) is 7.24. The first-order valence-electron chi connectivity index (χ1n) is 6.09. The molecule has 20 heavy (non-hydrogen) atoms. The third-order valence-electron chi connectivity index (χ3n) is 2.82. The van der Waals surface area contributed by atoms with Gasteiger partial charge in [0.25, 0.3) is 0 Å². The molecule has 2 rings (SSSR count). The smallest absolute Gasteiger partial charge is 0.180 e. The fraction of sp³-hybridized carbons (Fsp3) is 0.357. The predicted molar refractivity (Wildman–Crippen MR) is 78.1 cm³/mol. The van der Waals surface area contributed by atoms with Crippen LogP contribution in [0.5, 0.6) is 0 Å². The maximum absolute atomic E-state index is 13.0. The standard InChI is InChI=1S/C14H14ClFN2OS/c1-14(2,3)13-12(20-18-17-13)11(19)6-8-4-5-9(16)7-10(8)15/h4-5,7H,6H2,1-3H3. The van der Waals surface area contributed by atoms with Gasteiger partial charge in [-0.15, -0.1) is 5.10 Å². The van der Waals surface area contributed by atoms with Gasteiger partial charge in [-0.3, -0.25) is 4.79 Å². The molecule has 0 amide bonds. The van der Waals surface area contributed by atoms with Crippen LogP contribution in [0.1, 0.15) is 41.7 Å². The zero-order chi connectivity index (χ0) is 14.9. The van der Waals surface area contributed by atoms with E-state index >= 15 is 0 Å². The molecule has 3 nitrogen and oxygen atoms in total. The van der Waals surface area contributed by atoms with E-state index in [1.54, 1.807) is 0 Å². The Morgan fingerprint density at radius 3 is 2.70 bits per heavy atom. The third kappa shape index (κ3) is 3.22. The number of carbonyl (C=O) groups is 1. The topological polar surface area (TPSA) is 42.9 Å². The Balaban J connectivity index is 2.27. The summed E-state index contributed by atoms with van der Waals surface area (Å²) in [5, 5.41) is 4.30. The number of hydrogen-bond acceptors (Lipinski definition) is 4. The van der Waals surface area contributed by atoms with E-state index in [-0.39, 0.29) is 22.6 Å². The minimum absolute atomic E-state index is 0.0987. The highest BCUT2D eigenvalue weighted by molar-refractivity contribution is 7.08. The predicted octanol–water partition coefficient (Wildman–Crippen LogP) is 4.05. The van der Waals surface area contributed by atoms with E-state index in [0.717, 1.165) is 11.5 Å². The molecule has 0 bridgehead atoms. The summed E-state index contributed by atoms with van der Waals surface area (Å²) in [6.45, 7) is 5.93. The van der Waals surface area contributed by atoms with Crippen LogP contribution in [0.15, 0.2) is 18.2 Å². The van der Waals surface area contributed by atoms with Gasteiger partial charge in [0.1, 0.15) is 10.7 Å². The van der Waals surface area contributed by atoms with Crippen molar-refractivity contribution in [2.75, 3.05) is 0 Å². The zero-order valence-corrected chi connectivity index (χ0v) is 13.0. The van der Waals surface area contributed by atoms with Gasteiger partial charge in [0.15, 0.2) is 5.78 Å². The molecule has 0 saturated carbocycles. The summed E-state index contributed by atoms with van der Waals surface area (Å²) in [7, 11) is 0. The van der Waals surface area contributed by atoms with Crippen LogP contribution in [0, 0.1) is 5.82 Å². The van der Waals surface area contributed by atoms with Crippen molar-refractivity contribution in [2.45, 2.75) is 32.6 Å². The largest absolute Gasteiger partial charge is 0.293 e. The van der Waals surface area contributed by atoms with Gasteiger partial charge in [-0.1, -0.05) is 42.9 Å². The summed E-state index contributed by atoms with van der Waals surface area (Å²) < 4.78 is 16.9.